The van der Waals surface area contributed by atoms with Gasteiger partial charge >= 0.3 is 0 Å². The Hall–Kier alpha value is -1.47. The second-order valence-corrected chi connectivity index (χ2v) is 4.67. The van der Waals surface area contributed by atoms with E-state index in [0.29, 0.717) is 25.5 Å². The topological polar surface area (TPSA) is 82.7 Å². The summed E-state index contributed by atoms with van der Waals surface area (Å²) < 4.78 is 5.19. The van der Waals surface area contributed by atoms with Gasteiger partial charge < -0.3 is 14.5 Å². The van der Waals surface area contributed by atoms with Gasteiger partial charge in [-0.05, 0) is 6.42 Å². The molecule has 1 N–H and O–H groups in total. The van der Waals surface area contributed by atoms with Crippen LogP contribution in [0.3, 0.4) is 0 Å². The monoisotopic (exact) mass is 268 g/mol. The van der Waals surface area contributed by atoms with Gasteiger partial charge in [0.1, 0.15) is 6.61 Å². The van der Waals surface area contributed by atoms with Crippen molar-refractivity contribution in [1.82, 2.24) is 19.9 Å². The Labute approximate surface area is 112 Å². The SMILES string of the molecule is CCCc1noc(CN2CCN(C(=O)CO)CC2)n1. The summed E-state index contributed by atoms with van der Waals surface area (Å²) in [5, 5.41) is 12.7. The molecule has 0 unspecified atom stereocenters. The van der Waals surface area contributed by atoms with Gasteiger partial charge in [0.05, 0.1) is 6.54 Å². The molecule has 1 aromatic rings. The fourth-order valence-electron chi connectivity index (χ4n) is 2.13. The fourth-order valence-corrected chi connectivity index (χ4v) is 2.13. The number of hydrogen-bond donors (Lipinski definition) is 1. The zero-order valence-electron chi connectivity index (χ0n) is 11.2. The summed E-state index contributed by atoms with van der Waals surface area (Å²) >= 11 is 0. The molecular weight excluding hydrogens is 248 g/mol. The molecule has 0 aliphatic carbocycles. The van der Waals surface area contributed by atoms with Crippen LogP contribution in [0.15, 0.2) is 4.52 Å². The molecule has 2 rings (SSSR count). The van der Waals surface area contributed by atoms with Crippen molar-refractivity contribution in [3.05, 3.63) is 11.7 Å². The number of hydrogen-bond acceptors (Lipinski definition) is 6. The summed E-state index contributed by atoms with van der Waals surface area (Å²) in [5.74, 6) is 1.18. The Morgan fingerprint density at radius 1 is 1.37 bits per heavy atom. The van der Waals surface area contributed by atoms with Crippen molar-refractivity contribution in [1.29, 1.82) is 0 Å². The smallest absolute Gasteiger partial charge is 0.248 e. The van der Waals surface area contributed by atoms with E-state index in [4.69, 9.17) is 9.63 Å². The number of carbonyl (C=O) groups is 1. The second-order valence-electron chi connectivity index (χ2n) is 4.67. The quantitative estimate of drug-likeness (QED) is 0.786. The molecule has 2 heterocycles. The third-order valence-corrected chi connectivity index (χ3v) is 3.20. The molecule has 7 heteroatoms. The molecule has 1 aliphatic rings. The van der Waals surface area contributed by atoms with Crippen molar-refractivity contribution in [2.75, 3.05) is 32.8 Å². The molecule has 1 aliphatic heterocycles. The Kier molecular flexibility index (Phi) is 4.86. The van der Waals surface area contributed by atoms with E-state index in [1.165, 1.54) is 0 Å². The number of rotatable bonds is 5. The van der Waals surface area contributed by atoms with Crippen LogP contribution in [0.1, 0.15) is 25.1 Å². The van der Waals surface area contributed by atoms with Gasteiger partial charge in [-0.15, -0.1) is 0 Å². The number of aromatic nitrogens is 2. The van der Waals surface area contributed by atoms with Crippen molar-refractivity contribution >= 4 is 5.91 Å². The molecule has 0 radical (unpaired) electrons. The number of aliphatic hydroxyl groups is 1. The highest BCUT2D eigenvalue weighted by Crippen LogP contribution is 2.08. The highest BCUT2D eigenvalue weighted by molar-refractivity contribution is 5.77. The normalized spacial score (nSPS) is 16.8. The van der Waals surface area contributed by atoms with Crippen LogP contribution in [0.5, 0.6) is 0 Å². The molecule has 19 heavy (non-hydrogen) atoms. The summed E-state index contributed by atoms with van der Waals surface area (Å²) in [4.78, 5) is 19.5. The Morgan fingerprint density at radius 2 is 2.11 bits per heavy atom. The molecule has 1 amide bonds. The minimum absolute atomic E-state index is 0.206. The number of carbonyl (C=O) groups excluding carboxylic acids is 1. The lowest BCUT2D eigenvalue weighted by Crippen LogP contribution is -2.49. The maximum Gasteiger partial charge on any atom is 0.248 e. The standard InChI is InChI=1S/C12H20N4O3/c1-2-3-10-13-11(19-14-10)8-15-4-6-16(7-5-15)12(18)9-17/h17H,2-9H2,1H3. The number of aliphatic hydroxyl groups excluding tert-OH is 1. The minimum atomic E-state index is -0.413. The predicted molar refractivity (Wildman–Crippen MR) is 67.2 cm³/mol. The average molecular weight is 268 g/mol. The lowest BCUT2D eigenvalue weighted by molar-refractivity contribution is -0.136. The number of amides is 1. The van der Waals surface area contributed by atoms with E-state index in [2.05, 4.69) is 22.0 Å². The number of aryl methyl sites for hydroxylation is 1. The molecule has 0 saturated carbocycles. The summed E-state index contributed by atoms with van der Waals surface area (Å²) in [7, 11) is 0. The molecule has 1 saturated heterocycles. The van der Waals surface area contributed by atoms with Gasteiger partial charge in [0.15, 0.2) is 5.82 Å². The molecule has 0 bridgehead atoms. The first-order valence-electron chi connectivity index (χ1n) is 6.65. The second kappa shape index (κ2) is 6.63. The molecule has 1 fully saturated rings. The van der Waals surface area contributed by atoms with Crippen LogP contribution in [-0.2, 0) is 17.8 Å². The van der Waals surface area contributed by atoms with Crippen LogP contribution in [0.2, 0.25) is 0 Å². The van der Waals surface area contributed by atoms with E-state index in [-0.39, 0.29) is 5.91 Å². The molecule has 7 nitrogen and oxygen atoms in total. The van der Waals surface area contributed by atoms with Gasteiger partial charge in [0, 0.05) is 32.6 Å². The van der Waals surface area contributed by atoms with Gasteiger partial charge in [-0.2, -0.15) is 4.98 Å². The van der Waals surface area contributed by atoms with Gasteiger partial charge in [-0.25, -0.2) is 0 Å². The molecule has 0 aromatic carbocycles. The zero-order chi connectivity index (χ0) is 13.7. The predicted octanol–water partition coefficient (Wildman–Crippen LogP) is -0.341. The molecule has 0 spiro atoms. The van der Waals surface area contributed by atoms with Crippen LogP contribution in [-0.4, -0.2) is 63.7 Å². The summed E-state index contributed by atoms with van der Waals surface area (Å²) in [5.41, 5.74) is 0. The van der Waals surface area contributed by atoms with Crippen LogP contribution < -0.4 is 0 Å². The Balaban J connectivity index is 1.80. The first-order chi connectivity index (χ1) is 9.22. The van der Waals surface area contributed by atoms with E-state index < -0.39 is 6.61 Å². The third-order valence-electron chi connectivity index (χ3n) is 3.20. The van der Waals surface area contributed by atoms with Crippen LogP contribution in [0, 0.1) is 0 Å². The first kappa shape index (κ1) is 14.0. The van der Waals surface area contributed by atoms with Gasteiger partial charge in [0.2, 0.25) is 11.8 Å². The van der Waals surface area contributed by atoms with Gasteiger partial charge in [-0.3, -0.25) is 9.69 Å². The summed E-state index contributed by atoms with van der Waals surface area (Å²) in [6.07, 6.45) is 1.84. The van der Waals surface area contributed by atoms with Crippen LogP contribution >= 0.6 is 0 Å². The van der Waals surface area contributed by atoms with Gasteiger partial charge in [0.25, 0.3) is 0 Å². The van der Waals surface area contributed by atoms with E-state index in [1.54, 1.807) is 4.90 Å². The molecule has 106 valence electrons. The zero-order valence-corrected chi connectivity index (χ0v) is 11.2. The average Bonchev–Trinajstić information content (AvgIpc) is 2.86. The Morgan fingerprint density at radius 3 is 2.74 bits per heavy atom. The van der Waals surface area contributed by atoms with E-state index in [9.17, 15) is 4.79 Å². The van der Waals surface area contributed by atoms with Crippen molar-refractivity contribution in [2.45, 2.75) is 26.3 Å². The maximum absolute atomic E-state index is 11.3. The van der Waals surface area contributed by atoms with Crippen molar-refractivity contribution < 1.29 is 14.4 Å². The third kappa shape index (κ3) is 3.74. The molecule has 1 aromatic heterocycles. The maximum atomic E-state index is 11.3. The van der Waals surface area contributed by atoms with Crippen molar-refractivity contribution in [3.63, 3.8) is 0 Å². The Bertz CT molecular complexity index is 413. The number of nitrogens with zero attached hydrogens (tertiary/aromatic N) is 4. The van der Waals surface area contributed by atoms with E-state index in [0.717, 1.165) is 31.8 Å². The minimum Gasteiger partial charge on any atom is -0.387 e. The highest BCUT2D eigenvalue weighted by atomic mass is 16.5. The molecular formula is C12H20N4O3. The number of piperazine rings is 1. The van der Waals surface area contributed by atoms with Crippen molar-refractivity contribution in [2.24, 2.45) is 0 Å². The fraction of sp³-hybridized carbons (Fsp3) is 0.750. The summed E-state index contributed by atoms with van der Waals surface area (Å²) in [6, 6.07) is 0. The summed E-state index contributed by atoms with van der Waals surface area (Å²) in [6.45, 7) is 5.08. The van der Waals surface area contributed by atoms with Crippen molar-refractivity contribution in [3.8, 4) is 0 Å². The first-order valence-corrected chi connectivity index (χ1v) is 6.65. The molecule has 0 atom stereocenters. The van der Waals surface area contributed by atoms with E-state index in [1.807, 2.05) is 0 Å². The lowest BCUT2D eigenvalue weighted by atomic mass is 10.3. The highest BCUT2D eigenvalue weighted by Gasteiger charge is 2.21. The van der Waals surface area contributed by atoms with Crippen LogP contribution in [0.25, 0.3) is 0 Å². The lowest BCUT2D eigenvalue weighted by Gasteiger charge is -2.33. The largest absolute Gasteiger partial charge is 0.387 e. The van der Waals surface area contributed by atoms with Crippen LogP contribution in [0.4, 0.5) is 0 Å². The van der Waals surface area contributed by atoms with Gasteiger partial charge in [-0.1, -0.05) is 12.1 Å². The van der Waals surface area contributed by atoms with E-state index >= 15 is 0 Å².